The maximum Gasteiger partial charge on any atom is 0.244 e. The summed E-state index contributed by atoms with van der Waals surface area (Å²) in [6, 6.07) is 10.6. The van der Waals surface area contributed by atoms with Crippen molar-refractivity contribution >= 4 is 23.6 Å². The lowest BCUT2D eigenvalue weighted by Crippen LogP contribution is -2.29. The molecule has 1 heterocycles. The highest BCUT2D eigenvalue weighted by atomic mass is 35.5. The highest BCUT2D eigenvalue weighted by Gasteiger charge is 2.20. The molecule has 1 aromatic heterocycles. The number of imidazole rings is 1. The molecular weight excluding hydrogens is 442 g/mol. The lowest BCUT2D eigenvalue weighted by atomic mass is 10.1. The zero-order valence-electron chi connectivity index (χ0n) is 19.2. The number of ether oxygens (including phenoxy) is 3. The topological polar surface area (TPSA) is 74.6 Å². The number of aromatic nitrogens is 2. The quantitative estimate of drug-likeness (QED) is 0.432. The number of methoxy groups -OCH3 is 2. The van der Waals surface area contributed by atoms with Crippen molar-refractivity contribution < 1.29 is 19.0 Å². The number of hydrogen-bond donors (Lipinski definition) is 1. The van der Waals surface area contributed by atoms with Crippen LogP contribution in [0.3, 0.4) is 0 Å². The highest BCUT2D eigenvalue weighted by molar-refractivity contribution is 6.32. The summed E-state index contributed by atoms with van der Waals surface area (Å²) in [7, 11) is 5.05. The van der Waals surface area contributed by atoms with E-state index in [1.165, 1.54) is 6.08 Å². The number of carbonyl (C=O) groups excluding carboxylic acids is 1. The van der Waals surface area contributed by atoms with E-state index in [1.54, 1.807) is 38.6 Å². The first-order valence-electron chi connectivity index (χ1n) is 10.6. The third-order valence-corrected chi connectivity index (χ3v) is 5.26. The molecule has 0 saturated carbocycles. The van der Waals surface area contributed by atoms with E-state index in [-0.39, 0.29) is 5.91 Å². The van der Waals surface area contributed by atoms with Crippen LogP contribution in [-0.2, 0) is 11.8 Å². The van der Waals surface area contributed by atoms with Gasteiger partial charge < -0.3 is 24.1 Å². The van der Waals surface area contributed by atoms with Gasteiger partial charge >= 0.3 is 0 Å². The fourth-order valence-electron chi connectivity index (χ4n) is 3.29. The number of benzene rings is 2. The highest BCUT2D eigenvalue weighted by Crippen LogP contribution is 2.37. The molecule has 1 amide bonds. The van der Waals surface area contributed by atoms with Crippen LogP contribution in [0.4, 0.5) is 0 Å². The van der Waals surface area contributed by atoms with Crippen LogP contribution < -0.4 is 19.5 Å². The van der Waals surface area contributed by atoms with Gasteiger partial charge in [-0.05, 0) is 47.9 Å². The molecule has 3 aromatic rings. The van der Waals surface area contributed by atoms with Gasteiger partial charge in [-0.1, -0.05) is 30.7 Å². The van der Waals surface area contributed by atoms with Crippen molar-refractivity contribution in [2.24, 2.45) is 7.05 Å². The van der Waals surface area contributed by atoms with Gasteiger partial charge in [0.15, 0.2) is 11.5 Å². The molecule has 0 saturated heterocycles. The first kappa shape index (κ1) is 24.2. The molecule has 0 aliphatic carbocycles. The van der Waals surface area contributed by atoms with Crippen molar-refractivity contribution in [3.63, 3.8) is 0 Å². The summed E-state index contributed by atoms with van der Waals surface area (Å²) in [6.07, 6.45) is 7.52. The molecule has 1 unspecified atom stereocenters. The van der Waals surface area contributed by atoms with Crippen LogP contribution in [0.1, 0.15) is 36.3 Å². The van der Waals surface area contributed by atoms with Crippen molar-refractivity contribution in [2.75, 3.05) is 20.8 Å². The second-order valence-corrected chi connectivity index (χ2v) is 7.73. The summed E-state index contributed by atoms with van der Waals surface area (Å²) in [4.78, 5) is 17.2. The normalized spacial score (nSPS) is 11.9. The van der Waals surface area contributed by atoms with Gasteiger partial charge in [-0.25, -0.2) is 4.98 Å². The van der Waals surface area contributed by atoms with Crippen molar-refractivity contribution in [1.82, 2.24) is 14.9 Å². The minimum absolute atomic E-state index is 0.278. The van der Waals surface area contributed by atoms with E-state index in [2.05, 4.69) is 10.3 Å². The van der Waals surface area contributed by atoms with Crippen molar-refractivity contribution in [1.29, 1.82) is 0 Å². The first-order valence-corrected chi connectivity index (χ1v) is 10.9. The van der Waals surface area contributed by atoms with Crippen LogP contribution in [0, 0.1) is 0 Å². The van der Waals surface area contributed by atoms with Gasteiger partial charge in [0.05, 0.1) is 25.8 Å². The molecule has 0 bridgehead atoms. The number of halogens is 1. The van der Waals surface area contributed by atoms with Gasteiger partial charge in [0.1, 0.15) is 17.6 Å². The Morgan fingerprint density at radius 3 is 2.58 bits per heavy atom. The zero-order valence-corrected chi connectivity index (χ0v) is 19.9. The number of amides is 1. The summed E-state index contributed by atoms with van der Waals surface area (Å²) in [6.45, 7) is 2.55. The molecule has 0 aliphatic rings. The number of rotatable bonds is 10. The van der Waals surface area contributed by atoms with Crippen molar-refractivity contribution in [3.8, 4) is 17.2 Å². The first-order chi connectivity index (χ1) is 16.0. The summed E-state index contributed by atoms with van der Waals surface area (Å²) in [5, 5.41) is 3.45. The molecule has 0 fully saturated rings. The Bertz CT molecular complexity index is 1110. The Hall–Kier alpha value is -3.45. The maximum atomic E-state index is 12.8. The molecule has 33 heavy (non-hydrogen) atoms. The van der Waals surface area contributed by atoms with Crippen molar-refractivity contribution in [3.05, 3.63) is 76.8 Å². The molecule has 3 rings (SSSR count). The van der Waals surface area contributed by atoms with Gasteiger partial charge in [-0.15, -0.1) is 0 Å². The number of aryl methyl sites for hydroxylation is 1. The molecule has 0 radical (unpaired) electrons. The Labute approximate surface area is 198 Å². The summed E-state index contributed by atoms with van der Waals surface area (Å²) in [5.41, 5.74) is 1.60. The van der Waals surface area contributed by atoms with E-state index >= 15 is 0 Å². The van der Waals surface area contributed by atoms with Crippen LogP contribution in [0.15, 0.2) is 54.9 Å². The average Bonchev–Trinajstić information content (AvgIpc) is 3.25. The number of carbonyl (C=O) groups is 1. The molecule has 0 spiro atoms. The van der Waals surface area contributed by atoms with E-state index in [0.717, 1.165) is 17.7 Å². The minimum atomic E-state index is -0.434. The summed E-state index contributed by atoms with van der Waals surface area (Å²) in [5.74, 6) is 2.18. The van der Waals surface area contributed by atoms with Crippen LogP contribution in [0.25, 0.3) is 6.08 Å². The van der Waals surface area contributed by atoms with Gasteiger partial charge in [-0.2, -0.15) is 0 Å². The number of nitrogens with zero attached hydrogens (tertiary/aromatic N) is 2. The van der Waals surface area contributed by atoms with E-state index < -0.39 is 6.04 Å². The fourth-order valence-corrected chi connectivity index (χ4v) is 3.56. The van der Waals surface area contributed by atoms with E-state index in [1.807, 2.05) is 49.0 Å². The molecular formula is C25H28ClN3O4. The smallest absolute Gasteiger partial charge is 0.244 e. The Morgan fingerprint density at radius 2 is 1.97 bits per heavy atom. The molecule has 0 aliphatic heterocycles. The lowest BCUT2D eigenvalue weighted by Gasteiger charge is -2.18. The van der Waals surface area contributed by atoms with Crippen LogP contribution in [0.2, 0.25) is 5.02 Å². The van der Waals surface area contributed by atoms with Crippen LogP contribution in [0.5, 0.6) is 17.2 Å². The summed E-state index contributed by atoms with van der Waals surface area (Å²) < 4.78 is 18.2. The monoisotopic (exact) mass is 469 g/mol. The lowest BCUT2D eigenvalue weighted by molar-refractivity contribution is -0.117. The standard InChI is InChI=1S/C25H28ClN3O4/c1-5-14-33-24-20(26)15-17(16-21(24)32-4)6-11-22(30)28-23(25-27-12-13-29(25)2)18-7-9-19(31-3)10-8-18/h6-13,15-16,23H,5,14H2,1-4H3,(H,28,30)/b11-6+. The summed E-state index contributed by atoms with van der Waals surface area (Å²) >= 11 is 6.38. The molecule has 174 valence electrons. The largest absolute Gasteiger partial charge is 0.497 e. The van der Waals surface area contributed by atoms with Crippen molar-refractivity contribution in [2.45, 2.75) is 19.4 Å². The Morgan fingerprint density at radius 1 is 1.21 bits per heavy atom. The molecule has 8 heteroatoms. The predicted octanol–water partition coefficient (Wildman–Crippen LogP) is 4.80. The van der Waals surface area contributed by atoms with Gasteiger partial charge in [0, 0.05) is 25.5 Å². The maximum absolute atomic E-state index is 12.8. The fraction of sp³-hybridized carbons (Fsp3) is 0.280. The van der Waals surface area contributed by atoms with Crippen LogP contribution >= 0.6 is 11.6 Å². The van der Waals surface area contributed by atoms with Gasteiger partial charge in [0.25, 0.3) is 0 Å². The average molecular weight is 470 g/mol. The Balaban J connectivity index is 1.81. The SMILES string of the molecule is CCCOc1c(Cl)cc(/C=C/C(=O)NC(c2ccc(OC)cc2)c2nccn2C)cc1OC. The van der Waals surface area contributed by atoms with E-state index in [9.17, 15) is 4.79 Å². The van der Waals surface area contributed by atoms with E-state index in [4.69, 9.17) is 25.8 Å². The number of nitrogens with one attached hydrogen (secondary N) is 1. The second kappa shape index (κ2) is 11.4. The minimum Gasteiger partial charge on any atom is -0.497 e. The molecule has 7 nitrogen and oxygen atoms in total. The van der Waals surface area contributed by atoms with Crippen LogP contribution in [-0.4, -0.2) is 36.3 Å². The molecule has 1 N–H and O–H groups in total. The van der Waals surface area contributed by atoms with Gasteiger partial charge in [0.2, 0.25) is 5.91 Å². The van der Waals surface area contributed by atoms with E-state index in [0.29, 0.717) is 34.5 Å². The zero-order chi connectivity index (χ0) is 23.8. The Kier molecular flexibility index (Phi) is 8.38. The second-order valence-electron chi connectivity index (χ2n) is 7.33. The molecule has 2 aromatic carbocycles. The third-order valence-electron chi connectivity index (χ3n) is 4.98. The third kappa shape index (κ3) is 6.08. The predicted molar refractivity (Wildman–Crippen MR) is 129 cm³/mol. The van der Waals surface area contributed by atoms with Gasteiger partial charge in [-0.3, -0.25) is 4.79 Å². The number of hydrogen-bond acceptors (Lipinski definition) is 5. The molecule has 1 atom stereocenters.